The van der Waals surface area contributed by atoms with Gasteiger partial charge in [-0.3, -0.25) is 9.59 Å². The Labute approximate surface area is 143 Å². The predicted molar refractivity (Wildman–Crippen MR) is 93.9 cm³/mol. The number of thiophene rings is 1. The van der Waals surface area contributed by atoms with Crippen molar-refractivity contribution in [3.8, 4) is 0 Å². The second kappa shape index (κ2) is 6.92. The fourth-order valence-electron chi connectivity index (χ4n) is 2.43. The van der Waals surface area contributed by atoms with Crippen molar-refractivity contribution < 1.29 is 4.79 Å². The maximum absolute atomic E-state index is 12.3. The first-order chi connectivity index (χ1) is 11.6. The lowest BCUT2D eigenvalue weighted by atomic mass is 10.2. The largest absolute Gasteiger partial charge is 0.341 e. The van der Waals surface area contributed by atoms with Crippen LogP contribution in [0.5, 0.6) is 0 Å². The zero-order valence-corrected chi connectivity index (χ0v) is 14.4. The van der Waals surface area contributed by atoms with Crippen LogP contribution in [-0.4, -0.2) is 32.8 Å². The third-order valence-electron chi connectivity index (χ3n) is 3.94. The summed E-state index contributed by atoms with van der Waals surface area (Å²) in [5, 5.41) is 10.5. The summed E-state index contributed by atoms with van der Waals surface area (Å²) in [5.41, 5.74) is 1.54. The van der Waals surface area contributed by atoms with E-state index >= 15 is 0 Å². The first-order valence-electron chi connectivity index (χ1n) is 7.66. The first kappa shape index (κ1) is 16.3. The van der Waals surface area contributed by atoms with Crippen LogP contribution in [0.2, 0.25) is 0 Å². The second-order valence-electron chi connectivity index (χ2n) is 5.66. The molecule has 3 rings (SSSR count). The van der Waals surface area contributed by atoms with Crippen LogP contribution in [0, 0.1) is 6.92 Å². The summed E-state index contributed by atoms with van der Waals surface area (Å²) in [6.07, 6.45) is 0.216. The monoisotopic (exact) mass is 342 g/mol. The summed E-state index contributed by atoms with van der Waals surface area (Å²) in [7, 11) is 1.77. The van der Waals surface area contributed by atoms with Gasteiger partial charge in [0.05, 0.1) is 18.5 Å². The molecule has 2 heterocycles. The fraction of sp³-hybridized carbons (Fsp3) is 0.294. The lowest BCUT2D eigenvalue weighted by molar-refractivity contribution is -0.130. The Bertz CT molecular complexity index is 931. The van der Waals surface area contributed by atoms with E-state index in [1.54, 1.807) is 41.5 Å². The number of nitrogens with zero attached hydrogens (tertiary/aromatic N) is 4. The maximum atomic E-state index is 12.3. The van der Waals surface area contributed by atoms with Crippen LogP contribution in [0.4, 0.5) is 0 Å². The Kier molecular flexibility index (Phi) is 4.71. The number of aromatic nitrogens is 3. The predicted octanol–water partition coefficient (Wildman–Crippen LogP) is 2.21. The Morgan fingerprint density at radius 2 is 2.08 bits per heavy atom. The minimum atomic E-state index is -0.217. The maximum Gasteiger partial charge on any atom is 0.277 e. The number of hydrogen-bond acceptors (Lipinski definition) is 5. The molecular weight excluding hydrogens is 324 g/mol. The number of amides is 1. The topological polar surface area (TPSA) is 68.1 Å². The molecule has 0 unspecified atom stereocenters. The molecule has 0 aliphatic heterocycles. The minimum Gasteiger partial charge on any atom is -0.341 e. The number of carbonyl (C=O) groups is 1. The number of hydrogen-bond donors (Lipinski definition) is 0. The summed E-state index contributed by atoms with van der Waals surface area (Å²) < 4.78 is 1.25. The minimum absolute atomic E-state index is 0.0235. The van der Waals surface area contributed by atoms with E-state index in [0.717, 1.165) is 0 Å². The van der Waals surface area contributed by atoms with Gasteiger partial charge in [-0.15, -0.1) is 16.4 Å². The van der Waals surface area contributed by atoms with E-state index in [1.807, 2.05) is 24.4 Å². The Morgan fingerprint density at radius 1 is 1.29 bits per heavy atom. The van der Waals surface area contributed by atoms with Crippen molar-refractivity contribution in [1.29, 1.82) is 0 Å². The molecular formula is C17H18N4O2S. The van der Waals surface area contributed by atoms with Gasteiger partial charge in [0.25, 0.3) is 5.56 Å². The van der Waals surface area contributed by atoms with Crippen LogP contribution in [0.15, 0.2) is 40.5 Å². The van der Waals surface area contributed by atoms with Crippen molar-refractivity contribution in [3.05, 3.63) is 56.5 Å². The molecule has 0 spiro atoms. The van der Waals surface area contributed by atoms with Gasteiger partial charge in [0.15, 0.2) is 0 Å². The smallest absolute Gasteiger partial charge is 0.277 e. The van der Waals surface area contributed by atoms with Crippen LogP contribution < -0.4 is 5.56 Å². The van der Waals surface area contributed by atoms with Crippen molar-refractivity contribution >= 4 is 28.1 Å². The highest BCUT2D eigenvalue weighted by molar-refractivity contribution is 7.10. The molecule has 0 radical (unpaired) electrons. The van der Waals surface area contributed by atoms with E-state index in [4.69, 9.17) is 0 Å². The van der Waals surface area contributed by atoms with Gasteiger partial charge in [-0.1, -0.05) is 17.3 Å². The van der Waals surface area contributed by atoms with Crippen LogP contribution in [-0.2, 0) is 17.9 Å². The fourth-order valence-corrected chi connectivity index (χ4v) is 3.39. The average Bonchev–Trinajstić information content (AvgIpc) is 2.99. The number of carbonyl (C=O) groups excluding carboxylic acids is 1. The molecule has 0 aliphatic rings. The average molecular weight is 342 g/mol. The SMILES string of the molecule is Cc1ccsc1CN(C)C(=O)CCn1nnc2ccccc2c1=O. The normalized spacial score (nSPS) is 10.9. The highest BCUT2D eigenvalue weighted by atomic mass is 32.1. The Hall–Kier alpha value is -2.54. The molecule has 7 heteroatoms. The summed E-state index contributed by atoms with van der Waals surface area (Å²) in [6, 6.07) is 9.11. The molecule has 124 valence electrons. The van der Waals surface area contributed by atoms with E-state index in [9.17, 15) is 9.59 Å². The Balaban J connectivity index is 1.67. The highest BCUT2D eigenvalue weighted by Crippen LogP contribution is 2.17. The lowest BCUT2D eigenvalue weighted by Gasteiger charge is -2.17. The summed E-state index contributed by atoms with van der Waals surface area (Å²) in [4.78, 5) is 27.5. The standard InChI is InChI=1S/C17H18N4O2S/c1-12-8-10-24-15(12)11-20(2)16(22)7-9-21-17(23)13-5-3-4-6-14(13)18-19-21/h3-6,8,10H,7,9,11H2,1-2H3. The van der Waals surface area contributed by atoms with Crippen molar-refractivity contribution in [2.45, 2.75) is 26.4 Å². The molecule has 0 saturated heterocycles. The van der Waals surface area contributed by atoms with Crippen LogP contribution in [0.25, 0.3) is 10.9 Å². The van der Waals surface area contributed by atoms with Gasteiger partial charge >= 0.3 is 0 Å². The Morgan fingerprint density at radius 3 is 2.83 bits per heavy atom. The third-order valence-corrected chi connectivity index (χ3v) is 4.95. The molecule has 6 nitrogen and oxygen atoms in total. The number of fused-ring (bicyclic) bond motifs is 1. The molecule has 1 amide bonds. The third kappa shape index (κ3) is 3.35. The number of benzene rings is 1. The van der Waals surface area contributed by atoms with Crippen molar-refractivity contribution in [2.75, 3.05) is 7.05 Å². The molecule has 0 bridgehead atoms. The molecule has 0 atom stereocenters. The van der Waals surface area contributed by atoms with E-state index in [0.29, 0.717) is 17.4 Å². The number of rotatable bonds is 5. The molecule has 3 aromatic rings. The molecule has 0 saturated carbocycles. The second-order valence-corrected chi connectivity index (χ2v) is 6.66. The summed E-state index contributed by atoms with van der Waals surface area (Å²) in [5.74, 6) is -0.0235. The van der Waals surface area contributed by atoms with Gasteiger partial charge in [0.2, 0.25) is 5.91 Å². The van der Waals surface area contributed by atoms with E-state index in [2.05, 4.69) is 10.3 Å². The first-order valence-corrected chi connectivity index (χ1v) is 8.53. The zero-order chi connectivity index (χ0) is 17.1. The molecule has 2 aromatic heterocycles. The van der Waals surface area contributed by atoms with Crippen LogP contribution in [0.1, 0.15) is 16.9 Å². The van der Waals surface area contributed by atoms with Crippen LogP contribution in [0.3, 0.4) is 0 Å². The highest BCUT2D eigenvalue weighted by Gasteiger charge is 2.13. The zero-order valence-electron chi connectivity index (χ0n) is 13.6. The van der Waals surface area contributed by atoms with Gasteiger partial charge in [-0.25, -0.2) is 4.68 Å². The quantitative estimate of drug-likeness (QED) is 0.713. The number of aryl methyl sites for hydroxylation is 2. The molecule has 1 aromatic carbocycles. The molecule has 0 fully saturated rings. The molecule has 24 heavy (non-hydrogen) atoms. The summed E-state index contributed by atoms with van der Waals surface area (Å²) >= 11 is 1.64. The van der Waals surface area contributed by atoms with Gasteiger partial charge in [0.1, 0.15) is 5.52 Å². The summed E-state index contributed by atoms with van der Waals surface area (Å²) in [6.45, 7) is 2.85. The van der Waals surface area contributed by atoms with E-state index < -0.39 is 0 Å². The van der Waals surface area contributed by atoms with Gasteiger partial charge < -0.3 is 4.90 Å². The molecule has 0 aliphatic carbocycles. The lowest BCUT2D eigenvalue weighted by Crippen LogP contribution is -2.30. The molecule has 0 N–H and O–H groups in total. The van der Waals surface area contributed by atoms with Crippen molar-refractivity contribution in [3.63, 3.8) is 0 Å². The van der Waals surface area contributed by atoms with Gasteiger partial charge in [0, 0.05) is 18.3 Å². The van der Waals surface area contributed by atoms with Crippen molar-refractivity contribution in [1.82, 2.24) is 19.9 Å². The van der Waals surface area contributed by atoms with Gasteiger partial charge in [-0.05, 0) is 36.1 Å². The van der Waals surface area contributed by atoms with E-state index in [1.165, 1.54) is 15.1 Å². The van der Waals surface area contributed by atoms with Gasteiger partial charge in [-0.2, -0.15) is 0 Å². The van der Waals surface area contributed by atoms with E-state index in [-0.39, 0.29) is 24.4 Å². The van der Waals surface area contributed by atoms with Crippen molar-refractivity contribution in [2.24, 2.45) is 0 Å². The van der Waals surface area contributed by atoms with Crippen LogP contribution >= 0.6 is 11.3 Å².